The molecule has 21 heavy (non-hydrogen) atoms. The summed E-state index contributed by atoms with van der Waals surface area (Å²) in [6, 6.07) is 4.96. The molecule has 0 spiro atoms. The lowest BCUT2D eigenvalue weighted by molar-refractivity contribution is -0.385. The number of anilines is 1. The largest absolute Gasteiger partial charge is 0.465 e. The van der Waals surface area contributed by atoms with Gasteiger partial charge in [-0.15, -0.1) is 11.3 Å². The average Bonchev–Trinajstić information content (AvgIpc) is 2.75. The van der Waals surface area contributed by atoms with E-state index in [1.807, 2.05) is 0 Å². The van der Waals surface area contributed by atoms with Gasteiger partial charge in [-0.3, -0.25) is 10.1 Å². The van der Waals surface area contributed by atoms with Gasteiger partial charge in [-0.05, 0) is 25.0 Å². The van der Waals surface area contributed by atoms with Crippen molar-refractivity contribution >= 4 is 28.7 Å². The molecule has 110 valence electrons. The number of nitro benzene ring substituents is 1. The molecule has 6 nitrogen and oxygen atoms in total. The van der Waals surface area contributed by atoms with E-state index in [0.717, 1.165) is 10.4 Å². The minimum Gasteiger partial charge on any atom is -0.465 e. The summed E-state index contributed by atoms with van der Waals surface area (Å²) in [5, 5.41) is 11.0. The van der Waals surface area contributed by atoms with Crippen molar-refractivity contribution in [3.63, 3.8) is 0 Å². The maximum atomic E-state index is 11.7. The van der Waals surface area contributed by atoms with Crippen LogP contribution in [0.2, 0.25) is 0 Å². The summed E-state index contributed by atoms with van der Waals surface area (Å²) in [6.07, 6.45) is 0. The Balaban J connectivity index is 2.60. The number of hydrogen-bond donors (Lipinski definition) is 1. The van der Waals surface area contributed by atoms with E-state index in [1.54, 1.807) is 26.0 Å². The number of nitro groups is 1. The van der Waals surface area contributed by atoms with Crippen molar-refractivity contribution in [2.45, 2.75) is 13.8 Å². The van der Waals surface area contributed by atoms with Gasteiger partial charge in [0.25, 0.3) is 5.69 Å². The predicted molar refractivity (Wildman–Crippen MR) is 81.6 cm³/mol. The number of ether oxygens (including phenoxy) is 1. The van der Waals surface area contributed by atoms with E-state index in [9.17, 15) is 14.9 Å². The molecule has 0 aliphatic heterocycles. The van der Waals surface area contributed by atoms with E-state index < -0.39 is 10.9 Å². The molecule has 0 fully saturated rings. The summed E-state index contributed by atoms with van der Waals surface area (Å²) in [5.41, 5.74) is 8.28. The molecule has 0 saturated heterocycles. The monoisotopic (exact) mass is 306 g/mol. The van der Waals surface area contributed by atoms with Gasteiger partial charge in [-0.25, -0.2) is 4.79 Å². The Morgan fingerprint density at radius 2 is 2.05 bits per heavy atom. The first-order chi connectivity index (χ1) is 9.86. The van der Waals surface area contributed by atoms with Crippen LogP contribution in [0.4, 0.5) is 11.4 Å². The normalized spacial score (nSPS) is 10.4. The minimum atomic E-state index is -0.506. The van der Waals surface area contributed by atoms with Gasteiger partial charge in [-0.1, -0.05) is 12.1 Å². The highest BCUT2D eigenvalue weighted by Crippen LogP contribution is 2.39. The van der Waals surface area contributed by atoms with Crippen LogP contribution in [-0.4, -0.2) is 18.0 Å². The summed E-state index contributed by atoms with van der Waals surface area (Å²) in [5.74, 6) is -0.506. The molecular formula is C14H14N2O4S. The Kier molecular flexibility index (Phi) is 3.95. The third-order valence-electron chi connectivity index (χ3n) is 3.23. The lowest BCUT2D eigenvalue weighted by atomic mass is 10.1. The Morgan fingerprint density at radius 3 is 2.62 bits per heavy atom. The Hall–Kier alpha value is -2.41. The molecule has 2 aromatic rings. The quantitative estimate of drug-likeness (QED) is 0.533. The molecule has 0 amide bonds. The zero-order valence-electron chi connectivity index (χ0n) is 11.8. The van der Waals surface area contributed by atoms with Crippen LogP contribution in [0.15, 0.2) is 18.2 Å². The molecule has 1 heterocycles. The molecular weight excluding hydrogens is 292 g/mol. The minimum absolute atomic E-state index is 0.0403. The van der Waals surface area contributed by atoms with Crippen molar-refractivity contribution < 1.29 is 14.5 Å². The van der Waals surface area contributed by atoms with E-state index >= 15 is 0 Å². The molecule has 7 heteroatoms. The number of nitrogen functional groups attached to an aromatic ring is 1. The lowest BCUT2D eigenvalue weighted by Crippen LogP contribution is -2.01. The van der Waals surface area contributed by atoms with Gasteiger partial charge in [0, 0.05) is 16.5 Å². The molecule has 2 rings (SSSR count). The van der Waals surface area contributed by atoms with Crippen LogP contribution in [0.3, 0.4) is 0 Å². The van der Waals surface area contributed by atoms with Gasteiger partial charge < -0.3 is 10.5 Å². The maximum absolute atomic E-state index is 11.7. The van der Waals surface area contributed by atoms with Crippen molar-refractivity contribution in [1.29, 1.82) is 0 Å². The number of carbonyl (C=O) groups is 1. The standard InChI is InChI=1S/C14H14N2O4S/c1-7-4-5-9(6-10(7)16(18)19)12-8(2)11(15)13(21-12)14(17)20-3/h4-6H,15H2,1-3H3. The number of esters is 1. The highest BCUT2D eigenvalue weighted by Gasteiger charge is 2.21. The van der Waals surface area contributed by atoms with Crippen LogP contribution < -0.4 is 5.73 Å². The second-order valence-electron chi connectivity index (χ2n) is 4.55. The average molecular weight is 306 g/mol. The molecule has 1 aromatic heterocycles. The van der Waals surface area contributed by atoms with Crippen molar-refractivity contribution in [3.05, 3.63) is 44.3 Å². The van der Waals surface area contributed by atoms with Crippen molar-refractivity contribution in [3.8, 4) is 10.4 Å². The summed E-state index contributed by atoms with van der Waals surface area (Å²) in [7, 11) is 1.28. The highest BCUT2D eigenvalue weighted by atomic mass is 32.1. The Bertz CT molecular complexity index is 737. The van der Waals surface area contributed by atoms with Crippen LogP contribution in [0.25, 0.3) is 10.4 Å². The highest BCUT2D eigenvalue weighted by molar-refractivity contribution is 7.18. The van der Waals surface area contributed by atoms with Crippen molar-refractivity contribution in [1.82, 2.24) is 0 Å². The number of benzene rings is 1. The van der Waals surface area contributed by atoms with Gasteiger partial charge in [0.2, 0.25) is 0 Å². The van der Waals surface area contributed by atoms with Crippen LogP contribution in [0.5, 0.6) is 0 Å². The summed E-state index contributed by atoms with van der Waals surface area (Å²) >= 11 is 1.18. The molecule has 1 aromatic carbocycles. The third kappa shape index (κ3) is 2.59. The first-order valence-corrected chi connectivity index (χ1v) is 6.91. The molecule has 2 N–H and O–H groups in total. The summed E-state index contributed by atoms with van der Waals surface area (Å²) < 4.78 is 4.69. The molecule has 0 aliphatic carbocycles. The Labute approximate surface area is 125 Å². The Morgan fingerprint density at radius 1 is 1.38 bits per heavy atom. The van der Waals surface area contributed by atoms with Crippen molar-refractivity contribution in [2.75, 3.05) is 12.8 Å². The topological polar surface area (TPSA) is 95.5 Å². The fourth-order valence-electron chi connectivity index (χ4n) is 1.99. The van der Waals surface area contributed by atoms with E-state index in [1.165, 1.54) is 24.5 Å². The molecule has 0 atom stereocenters. The lowest BCUT2D eigenvalue weighted by Gasteiger charge is -2.02. The van der Waals surface area contributed by atoms with E-state index in [-0.39, 0.29) is 5.69 Å². The first kappa shape index (κ1) is 15.0. The number of hydrogen-bond acceptors (Lipinski definition) is 6. The van der Waals surface area contributed by atoms with Crippen LogP contribution in [-0.2, 0) is 4.74 Å². The maximum Gasteiger partial charge on any atom is 0.350 e. The third-order valence-corrected chi connectivity index (χ3v) is 4.57. The second-order valence-corrected chi connectivity index (χ2v) is 5.57. The molecule has 0 saturated carbocycles. The van der Waals surface area contributed by atoms with E-state index in [0.29, 0.717) is 21.7 Å². The number of carbonyl (C=O) groups excluding carboxylic acids is 1. The smallest absolute Gasteiger partial charge is 0.350 e. The number of thiophene rings is 1. The molecule has 0 bridgehead atoms. The van der Waals surface area contributed by atoms with Gasteiger partial charge >= 0.3 is 5.97 Å². The number of methoxy groups -OCH3 is 1. The van der Waals surface area contributed by atoms with Crippen LogP contribution in [0, 0.1) is 24.0 Å². The van der Waals surface area contributed by atoms with Crippen LogP contribution in [0.1, 0.15) is 20.8 Å². The van der Waals surface area contributed by atoms with Gasteiger partial charge in [0.1, 0.15) is 4.88 Å². The van der Waals surface area contributed by atoms with Crippen LogP contribution >= 0.6 is 11.3 Å². The SMILES string of the molecule is COC(=O)c1sc(-c2ccc(C)c([N+](=O)[O-])c2)c(C)c1N. The number of rotatable bonds is 3. The van der Waals surface area contributed by atoms with Crippen molar-refractivity contribution in [2.24, 2.45) is 0 Å². The molecule has 0 unspecified atom stereocenters. The summed E-state index contributed by atoms with van der Waals surface area (Å²) in [6.45, 7) is 3.46. The number of nitrogens with zero attached hydrogens (tertiary/aromatic N) is 1. The second kappa shape index (κ2) is 5.53. The zero-order chi connectivity index (χ0) is 15.7. The van der Waals surface area contributed by atoms with E-state index in [2.05, 4.69) is 4.74 Å². The van der Waals surface area contributed by atoms with Gasteiger partial charge in [-0.2, -0.15) is 0 Å². The first-order valence-electron chi connectivity index (χ1n) is 6.09. The molecule has 0 radical (unpaired) electrons. The van der Waals surface area contributed by atoms with E-state index in [4.69, 9.17) is 5.73 Å². The number of nitrogens with two attached hydrogens (primary N) is 1. The zero-order valence-corrected chi connectivity index (χ0v) is 12.6. The summed E-state index contributed by atoms with van der Waals surface area (Å²) in [4.78, 5) is 23.3. The fraction of sp³-hybridized carbons (Fsp3) is 0.214. The fourth-order valence-corrected chi connectivity index (χ4v) is 3.13. The van der Waals surface area contributed by atoms with Gasteiger partial charge in [0.05, 0.1) is 17.7 Å². The van der Waals surface area contributed by atoms with Gasteiger partial charge in [0.15, 0.2) is 0 Å². The molecule has 0 aliphatic rings. The predicted octanol–water partition coefficient (Wildman–Crippen LogP) is 3.31. The number of aryl methyl sites for hydroxylation is 1.